The van der Waals surface area contributed by atoms with E-state index in [2.05, 4.69) is 20.5 Å². The Balaban J connectivity index is 2.11. The van der Waals surface area contributed by atoms with E-state index in [1.165, 1.54) is 11.8 Å². The first-order chi connectivity index (χ1) is 7.75. The number of amides is 1. The fourth-order valence-electron chi connectivity index (χ4n) is 1.13. The fourth-order valence-corrected chi connectivity index (χ4v) is 1.76. The van der Waals surface area contributed by atoms with Crippen LogP contribution in [0.2, 0.25) is 0 Å². The summed E-state index contributed by atoms with van der Waals surface area (Å²) >= 11 is 1.35. The van der Waals surface area contributed by atoms with Gasteiger partial charge in [-0.25, -0.2) is 0 Å². The SMILES string of the molecule is C/C(=N\N=C1\NC(=O)CS1)c1cccnc1. The molecule has 0 atom stereocenters. The van der Waals surface area contributed by atoms with Crippen molar-refractivity contribution in [1.29, 1.82) is 0 Å². The molecule has 1 N–H and O–H groups in total. The zero-order valence-electron chi connectivity index (χ0n) is 8.67. The van der Waals surface area contributed by atoms with Gasteiger partial charge >= 0.3 is 0 Å². The molecule has 0 aliphatic carbocycles. The maximum Gasteiger partial charge on any atom is 0.236 e. The van der Waals surface area contributed by atoms with Crippen LogP contribution in [-0.2, 0) is 4.79 Å². The highest BCUT2D eigenvalue weighted by molar-refractivity contribution is 8.15. The normalized spacial score (nSPS) is 18.9. The van der Waals surface area contributed by atoms with Gasteiger partial charge in [-0.2, -0.15) is 5.10 Å². The van der Waals surface area contributed by atoms with Gasteiger partial charge in [0.2, 0.25) is 5.91 Å². The minimum atomic E-state index is -0.0296. The molecule has 1 aromatic heterocycles. The zero-order chi connectivity index (χ0) is 11.4. The molecule has 82 valence electrons. The highest BCUT2D eigenvalue weighted by atomic mass is 32.2. The third-order valence-corrected chi connectivity index (χ3v) is 2.82. The number of thioether (sulfide) groups is 1. The van der Waals surface area contributed by atoms with E-state index in [9.17, 15) is 4.79 Å². The molecule has 6 heteroatoms. The maximum absolute atomic E-state index is 10.9. The number of pyridine rings is 1. The summed E-state index contributed by atoms with van der Waals surface area (Å²) in [5.74, 6) is 0.387. The maximum atomic E-state index is 10.9. The highest BCUT2D eigenvalue weighted by Crippen LogP contribution is 2.09. The van der Waals surface area contributed by atoms with E-state index < -0.39 is 0 Å². The number of carbonyl (C=O) groups excluding carboxylic acids is 1. The van der Waals surface area contributed by atoms with E-state index in [1.54, 1.807) is 12.4 Å². The third kappa shape index (κ3) is 2.66. The molecular weight excluding hydrogens is 224 g/mol. The number of hydrogen-bond donors (Lipinski definition) is 1. The fraction of sp³-hybridized carbons (Fsp3) is 0.200. The smallest absolute Gasteiger partial charge is 0.236 e. The second kappa shape index (κ2) is 4.89. The van der Waals surface area contributed by atoms with Crippen molar-refractivity contribution in [3.05, 3.63) is 30.1 Å². The Kier molecular flexibility index (Phi) is 3.31. The van der Waals surface area contributed by atoms with Crippen molar-refractivity contribution >= 4 is 28.5 Å². The molecule has 1 fully saturated rings. The second-order valence-electron chi connectivity index (χ2n) is 3.17. The van der Waals surface area contributed by atoms with Crippen LogP contribution >= 0.6 is 11.8 Å². The highest BCUT2D eigenvalue weighted by Gasteiger charge is 2.16. The molecule has 5 nitrogen and oxygen atoms in total. The summed E-state index contributed by atoms with van der Waals surface area (Å²) in [7, 11) is 0. The second-order valence-corrected chi connectivity index (χ2v) is 4.13. The summed E-state index contributed by atoms with van der Waals surface area (Å²) in [4.78, 5) is 14.9. The molecule has 1 saturated heterocycles. The molecule has 2 heterocycles. The molecule has 1 aliphatic heterocycles. The molecule has 2 rings (SSSR count). The molecule has 0 unspecified atom stereocenters. The Morgan fingerprint density at radius 3 is 3.12 bits per heavy atom. The van der Waals surface area contributed by atoms with E-state index in [-0.39, 0.29) is 5.91 Å². The molecular formula is C10H10N4OS. The predicted octanol–water partition coefficient (Wildman–Crippen LogP) is 1.02. The van der Waals surface area contributed by atoms with Gasteiger partial charge in [0, 0.05) is 18.0 Å². The van der Waals surface area contributed by atoms with Gasteiger partial charge in [-0.1, -0.05) is 17.8 Å². The van der Waals surface area contributed by atoms with Gasteiger partial charge in [-0.3, -0.25) is 9.78 Å². The van der Waals surface area contributed by atoms with Crippen LogP contribution in [0.3, 0.4) is 0 Å². The molecule has 0 saturated carbocycles. The molecule has 1 aliphatic rings. The Morgan fingerprint density at radius 1 is 1.62 bits per heavy atom. The minimum Gasteiger partial charge on any atom is -0.303 e. The van der Waals surface area contributed by atoms with E-state index in [4.69, 9.17) is 0 Å². The van der Waals surface area contributed by atoms with Crippen LogP contribution in [0.1, 0.15) is 12.5 Å². The molecule has 0 radical (unpaired) electrons. The summed E-state index contributed by atoms with van der Waals surface area (Å²) < 4.78 is 0. The number of nitrogens with one attached hydrogen (secondary N) is 1. The quantitative estimate of drug-likeness (QED) is 0.613. The van der Waals surface area contributed by atoms with Gasteiger partial charge in [-0.15, -0.1) is 5.10 Å². The average Bonchev–Trinajstić information content (AvgIpc) is 2.73. The van der Waals surface area contributed by atoms with Crippen molar-refractivity contribution in [2.75, 3.05) is 5.75 Å². The zero-order valence-corrected chi connectivity index (χ0v) is 9.49. The predicted molar refractivity (Wildman–Crippen MR) is 64.5 cm³/mol. The molecule has 1 aromatic rings. The van der Waals surface area contributed by atoms with Gasteiger partial charge in [0.05, 0.1) is 11.5 Å². The van der Waals surface area contributed by atoms with Crippen LogP contribution in [0.15, 0.2) is 34.7 Å². The lowest BCUT2D eigenvalue weighted by atomic mass is 10.2. The topological polar surface area (TPSA) is 66.7 Å². The summed E-state index contributed by atoms with van der Waals surface area (Å²) in [6.45, 7) is 1.85. The Bertz CT molecular complexity index is 455. The molecule has 0 aromatic carbocycles. The van der Waals surface area contributed by atoms with Crippen molar-refractivity contribution < 1.29 is 4.79 Å². The van der Waals surface area contributed by atoms with Crippen LogP contribution < -0.4 is 5.32 Å². The first-order valence-electron chi connectivity index (χ1n) is 4.71. The number of aromatic nitrogens is 1. The minimum absolute atomic E-state index is 0.0296. The number of carbonyl (C=O) groups is 1. The van der Waals surface area contributed by atoms with Crippen molar-refractivity contribution in [2.45, 2.75) is 6.92 Å². The summed E-state index contributed by atoms with van der Waals surface area (Å²) in [6, 6.07) is 3.75. The Labute approximate surface area is 97.1 Å². The van der Waals surface area contributed by atoms with Gasteiger partial charge in [0.15, 0.2) is 5.17 Å². The van der Waals surface area contributed by atoms with E-state index in [0.717, 1.165) is 11.3 Å². The van der Waals surface area contributed by atoms with Crippen molar-refractivity contribution in [3.63, 3.8) is 0 Å². The van der Waals surface area contributed by atoms with Crippen molar-refractivity contribution in [1.82, 2.24) is 10.3 Å². The first kappa shape index (κ1) is 10.8. The number of nitrogens with zero attached hydrogens (tertiary/aromatic N) is 3. The van der Waals surface area contributed by atoms with E-state index in [1.807, 2.05) is 19.1 Å². The lowest BCUT2D eigenvalue weighted by Crippen LogP contribution is -2.19. The van der Waals surface area contributed by atoms with Crippen LogP contribution in [0.4, 0.5) is 0 Å². The first-order valence-corrected chi connectivity index (χ1v) is 5.69. The van der Waals surface area contributed by atoms with Crippen LogP contribution in [0, 0.1) is 0 Å². The summed E-state index contributed by atoms with van der Waals surface area (Å²) in [5, 5.41) is 11.2. The van der Waals surface area contributed by atoms with Crippen LogP contribution in [0.5, 0.6) is 0 Å². The van der Waals surface area contributed by atoms with Crippen LogP contribution in [0.25, 0.3) is 0 Å². The van der Waals surface area contributed by atoms with E-state index in [0.29, 0.717) is 10.9 Å². The van der Waals surface area contributed by atoms with Crippen molar-refractivity contribution in [3.8, 4) is 0 Å². The number of rotatable bonds is 2. The average molecular weight is 234 g/mol. The largest absolute Gasteiger partial charge is 0.303 e. The third-order valence-electron chi connectivity index (χ3n) is 1.96. The van der Waals surface area contributed by atoms with Gasteiger partial charge in [0.25, 0.3) is 0 Å². The van der Waals surface area contributed by atoms with Crippen molar-refractivity contribution in [2.24, 2.45) is 10.2 Å². The van der Waals surface area contributed by atoms with Gasteiger partial charge in [0.1, 0.15) is 0 Å². The summed E-state index contributed by atoms with van der Waals surface area (Å²) in [6.07, 6.45) is 3.43. The molecule has 16 heavy (non-hydrogen) atoms. The Morgan fingerprint density at radius 2 is 2.50 bits per heavy atom. The number of hydrogen-bond acceptors (Lipinski definition) is 5. The molecule has 1 amide bonds. The van der Waals surface area contributed by atoms with Gasteiger partial charge in [-0.05, 0) is 13.0 Å². The summed E-state index contributed by atoms with van der Waals surface area (Å²) in [5.41, 5.74) is 1.68. The Hall–Kier alpha value is -1.69. The standard InChI is InChI=1S/C10H10N4OS/c1-7(8-3-2-4-11-5-8)13-14-10-12-9(15)6-16-10/h2-5H,6H2,1H3,(H,12,14,15)/b13-7+. The molecule has 0 spiro atoms. The van der Waals surface area contributed by atoms with E-state index >= 15 is 0 Å². The monoisotopic (exact) mass is 234 g/mol. The van der Waals surface area contributed by atoms with Gasteiger partial charge < -0.3 is 5.32 Å². The molecule has 0 bridgehead atoms. The number of amidine groups is 1. The van der Waals surface area contributed by atoms with Crippen LogP contribution in [-0.4, -0.2) is 27.5 Å². The lowest BCUT2D eigenvalue weighted by Gasteiger charge is -1.96. The lowest BCUT2D eigenvalue weighted by molar-refractivity contribution is -0.116.